The van der Waals surface area contributed by atoms with Gasteiger partial charge in [0.05, 0.1) is 17.0 Å². The fourth-order valence-corrected chi connectivity index (χ4v) is 3.26. The predicted octanol–water partition coefficient (Wildman–Crippen LogP) is 4.36. The summed E-state index contributed by atoms with van der Waals surface area (Å²) in [4.78, 5) is 18.3. The molecule has 7 heteroatoms. The molecule has 2 heterocycles. The van der Waals surface area contributed by atoms with Crippen molar-refractivity contribution in [1.82, 2.24) is 10.1 Å². The number of nitrogens with one attached hydrogen (secondary N) is 1. The number of anilines is 1. The second-order valence-corrected chi connectivity index (χ2v) is 7.24. The molecule has 0 atom stereocenters. The maximum atomic E-state index is 12.2. The second-order valence-electron chi connectivity index (χ2n) is 5.07. The minimum absolute atomic E-state index is 0.0518. The van der Waals surface area contributed by atoms with Crippen LogP contribution in [0.3, 0.4) is 0 Å². The van der Waals surface area contributed by atoms with Gasteiger partial charge < -0.3 is 9.84 Å². The molecule has 0 radical (unpaired) electrons. The highest BCUT2D eigenvalue weighted by Crippen LogP contribution is 2.32. The minimum Gasteiger partial charge on any atom is -0.339 e. The molecule has 118 valence electrons. The number of amides is 1. The monoisotopic (exact) mass is 391 g/mol. The van der Waals surface area contributed by atoms with Crippen molar-refractivity contribution < 1.29 is 9.32 Å². The van der Waals surface area contributed by atoms with Crippen LogP contribution in [0.25, 0.3) is 10.7 Å². The third kappa shape index (κ3) is 3.86. The highest BCUT2D eigenvalue weighted by atomic mass is 79.9. The number of hydrogen-bond acceptors (Lipinski definition) is 5. The van der Waals surface area contributed by atoms with E-state index in [2.05, 4.69) is 31.4 Å². The summed E-state index contributed by atoms with van der Waals surface area (Å²) in [6.07, 6.45) is 0.333. The number of aromatic nitrogens is 2. The smallest absolute Gasteiger partial charge is 0.228 e. The lowest BCUT2D eigenvalue weighted by atomic mass is 10.1. The molecular formula is C16H14BrN3O2S. The first kappa shape index (κ1) is 15.9. The first-order valence-electron chi connectivity index (χ1n) is 6.96. The van der Waals surface area contributed by atoms with Crippen molar-refractivity contribution in [2.75, 3.05) is 5.32 Å². The van der Waals surface area contributed by atoms with Gasteiger partial charge in [0.1, 0.15) is 0 Å². The maximum absolute atomic E-state index is 12.2. The molecule has 0 aliphatic rings. The van der Waals surface area contributed by atoms with Gasteiger partial charge in [0.2, 0.25) is 17.6 Å². The largest absolute Gasteiger partial charge is 0.339 e. The van der Waals surface area contributed by atoms with E-state index in [1.54, 1.807) is 6.92 Å². The lowest BCUT2D eigenvalue weighted by molar-refractivity contribution is -0.115. The highest BCUT2D eigenvalue weighted by Gasteiger charge is 2.14. The van der Waals surface area contributed by atoms with Gasteiger partial charge in [0.25, 0.3) is 0 Å². The molecule has 0 spiro atoms. The van der Waals surface area contributed by atoms with Gasteiger partial charge >= 0.3 is 0 Å². The van der Waals surface area contributed by atoms with Gasteiger partial charge in [-0.2, -0.15) is 4.98 Å². The van der Waals surface area contributed by atoms with Gasteiger partial charge in [-0.1, -0.05) is 33.2 Å². The number of benzene rings is 1. The number of nitrogens with zero attached hydrogens (tertiary/aromatic N) is 2. The van der Waals surface area contributed by atoms with E-state index in [0.29, 0.717) is 18.1 Å². The van der Waals surface area contributed by atoms with E-state index < -0.39 is 0 Å². The molecule has 0 aliphatic heterocycles. The van der Waals surface area contributed by atoms with E-state index in [0.717, 1.165) is 25.5 Å². The molecular weight excluding hydrogens is 378 g/mol. The number of carbonyl (C=O) groups is 1. The zero-order valence-corrected chi connectivity index (χ0v) is 15.0. The summed E-state index contributed by atoms with van der Waals surface area (Å²) in [6.45, 7) is 3.70. The Kier molecular flexibility index (Phi) is 4.58. The number of halogens is 1. The standard InChI is InChI=1S/C16H14BrN3O2S/c1-9-13(8-14(23-9)16-18-10(2)22-20-16)19-15(21)7-11-3-5-12(17)6-4-11/h3-6,8H,7H2,1-2H3,(H,19,21). The van der Waals surface area contributed by atoms with E-state index in [1.165, 1.54) is 11.3 Å². The zero-order chi connectivity index (χ0) is 16.4. The van der Waals surface area contributed by atoms with Crippen LogP contribution < -0.4 is 5.32 Å². The Balaban J connectivity index is 1.71. The van der Waals surface area contributed by atoms with Crippen LogP contribution >= 0.6 is 27.3 Å². The summed E-state index contributed by atoms with van der Waals surface area (Å²) >= 11 is 4.91. The van der Waals surface area contributed by atoms with Crippen LogP contribution in [0.2, 0.25) is 0 Å². The fourth-order valence-electron chi connectivity index (χ4n) is 2.10. The van der Waals surface area contributed by atoms with Gasteiger partial charge in [-0.25, -0.2) is 0 Å². The molecule has 0 bridgehead atoms. The molecule has 23 heavy (non-hydrogen) atoms. The summed E-state index contributed by atoms with van der Waals surface area (Å²) in [7, 11) is 0. The van der Waals surface area contributed by atoms with Crippen molar-refractivity contribution in [2.24, 2.45) is 0 Å². The third-order valence-electron chi connectivity index (χ3n) is 3.22. The van der Waals surface area contributed by atoms with Crippen molar-refractivity contribution in [3.63, 3.8) is 0 Å². The average molecular weight is 392 g/mol. The summed E-state index contributed by atoms with van der Waals surface area (Å²) in [5.74, 6) is 1.01. The van der Waals surface area contributed by atoms with Crippen LogP contribution in [0.5, 0.6) is 0 Å². The number of aryl methyl sites for hydroxylation is 2. The van der Waals surface area contributed by atoms with Crippen LogP contribution in [-0.4, -0.2) is 16.0 Å². The van der Waals surface area contributed by atoms with Crippen LogP contribution in [0.4, 0.5) is 5.69 Å². The van der Waals surface area contributed by atoms with E-state index in [9.17, 15) is 4.79 Å². The molecule has 0 saturated heterocycles. The van der Waals surface area contributed by atoms with E-state index in [1.807, 2.05) is 37.3 Å². The Morgan fingerprint density at radius 3 is 2.70 bits per heavy atom. The Labute approximate surface area is 145 Å². The molecule has 5 nitrogen and oxygen atoms in total. The zero-order valence-electron chi connectivity index (χ0n) is 12.6. The van der Waals surface area contributed by atoms with Crippen LogP contribution in [0.15, 0.2) is 39.3 Å². The van der Waals surface area contributed by atoms with Gasteiger partial charge in [-0.15, -0.1) is 11.3 Å². The number of rotatable bonds is 4. The molecule has 3 aromatic rings. The van der Waals surface area contributed by atoms with Crippen molar-refractivity contribution in [2.45, 2.75) is 20.3 Å². The Morgan fingerprint density at radius 1 is 1.30 bits per heavy atom. The average Bonchev–Trinajstić information content (AvgIpc) is 3.08. The number of carbonyl (C=O) groups excluding carboxylic acids is 1. The van der Waals surface area contributed by atoms with Crippen LogP contribution in [-0.2, 0) is 11.2 Å². The normalized spacial score (nSPS) is 10.7. The molecule has 0 fully saturated rings. The van der Waals surface area contributed by atoms with Gasteiger partial charge in [0.15, 0.2) is 0 Å². The quantitative estimate of drug-likeness (QED) is 0.717. The minimum atomic E-state index is -0.0518. The maximum Gasteiger partial charge on any atom is 0.228 e. The molecule has 0 unspecified atom stereocenters. The second kappa shape index (κ2) is 6.64. The summed E-state index contributed by atoms with van der Waals surface area (Å²) < 4.78 is 5.99. The van der Waals surface area contributed by atoms with Crippen molar-refractivity contribution in [3.8, 4) is 10.7 Å². The van der Waals surface area contributed by atoms with Crippen molar-refractivity contribution >= 4 is 38.9 Å². The Morgan fingerprint density at radius 2 is 2.04 bits per heavy atom. The first-order valence-corrected chi connectivity index (χ1v) is 8.57. The van der Waals surface area contributed by atoms with E-state index in [-0.39, 0.29) is 5.91 Å². The van der Waals surface area contributed by atoms with Gasteiger partial charge in [-0.05, 0) is 30.7 Å². The molecule has 0 saturated carbocycles. The lowest BCUT2D eigenvalue weighted by Crippen LogP contribution is -2.14. The molecule has 0 aliphatic carbocycles. The topological polar surface area (TPSA) is 68.0 Å². The van der Waals surface area contributed by atoms with E-state index >= 15 is 0 Å². The Hall–Kier alpha value is -1.99. The summed E-state index contributed by atoms with van der Waals surface area (Å²) in [5.41, 5.74) is 1.75. The molecule has 1 aromatic carbocycles. The fraction of sp³-hybridized carbons (Fsp3) is 0.188. The molecule has 1 N–H and O–H groups in total. The van der Waals surface area contributed by atoms with Crippen molar-refractivity contribution in [3.05, 3.63) is 51.1 Å². The highest BCUT2D eigenvalue weighted by molar-refractivity contribution is 9.10. The van der Waals surface area contributed by atoms with Crippen LogP contribution in [0.1, 0.15) is 16.3 Å². The number of thiophene rings is 1. The third-order valence-corrected chi connectivity index (χ3v) is 4.79. The SMILES string of the molecule is Cc1nc(-c2cc(NC(=O)Cc3ccc(Br)cc3)c(C)s2)no1. The summed E-state index contributed by atoms with van der Waals surface area (Å²) in [6, 6.07) is 9.59. The molecule has 3 rings (SSSR count). The Bertz CT molecular complexity index is 839. The lowest BCUT2D eigenvalue weighted by Gasteiger charge is -2.04. The first-order chi connectivity index (χ1) is 11.0. The van der Waals surface area contributed by atoms with Crippen LogP contribution in [0, 0.1) is 13.8 Å². The molecule has 2 aromatic heterocycles. The van der Waals surface area contributed by atoms with Gasteiger partial charge in [-0.3, -0.25) is 4.79 Å². The summed E-state index contributed by atoms with van der Waals surface area (Å²) in [5, 5.41) is 6.85. The number of hydrogen-bond donors (Lipinski definition) is 1. The van der Waals surface area contributed by atoms with Crippen molar-refractivity contribution in [1.29, 1.82) is 0 Å². The van der Waals surface area contributed by atoms with Gasteiger partial charge in [0, 0.05) is 16.3 Å². The molecule has 1 amide bonds. The predicted molar refractivity (Wildman–Crippen MR) is 93.6 cm³/mol. The van der Waals surface area contributed by atoms with E-state index in [4.69, 9.17) is 4.52 Å².